The zero-order chi connectivity index (χ0) is 14.8. The minimum absolute atomic E-state index is 0.387. The van der Waals surface area contributed by atoms with Crippen molar-refractivity contribution in [3.05, 3.63) is 17.3 Å². The summed E-state index contributed by atoms with van der Waals surface area (Å²) in [5.41, 5.74) is 0.765. The number of fused-ring (bicyclic) bond motifs is 1. The van der Waals surface area contributed by atoms with E-state index >= 15 is 0 Å². The molecule has 2 rings (SSSR count). The molecule has 0 radical (unpaired) electrons. The molecule has 2 heterocycles. The molecule has 0 spiro atoms. The molecule has 2 aromatic rings. The van der Waals surface area contributed by atoms with Crippen LogP contribution in [0.2, 0.25) is 0 Å². The summed E-state index contributed by atoms with van der Waals surface area (Å²) in [6.45, 7) is 2.36. The van der Waals surface area contributed by atoms with Crippen molar-refractivity contribution in [1.82, 2.24) is 14.7 Å². The van der Waals surface area contributed by atoms with Gasteiger partial charge in [-0.3, -0.25) is 4.40 Å². The molecule has 0 aliphatic heterocycles. The first-order valence-corrected chi connectivity index (χ1v) is 7.23. The molecule has 0 amide bonds. The lowest BCUT2D eigenvalue weighted by Crippen LogP contribution is -2.32. The van der Waals surface area contributed by atoms with Crippen LogP contribution >= 0.6 is 11.3 Å². The molecule has 0 saturated heterocycles. The summed E-state index contributed by atoms with van der Waals surface area (Å²) in [5, 5.41) is 5.09. The average Bonchev–Trinajstić information content (AvgIpc) is 2.88. The summed E-state index contributed by atoms with van der Waals surface area (Å²) in [4.78, 5) is 6.17. The highest BCUT2D eigenvalue weighted by atomic mass is 32.1. The topological polar surface area (TPSA) is 32.6 Å². The van der Waals surface area contributed by atoms with Gasteiger partial charge in [-0.1, -0.05) is 6.92 Å². The van der Waals surface area contributed by atoms with Crippen LogP contribution in [0.5, 0.6) is 0 Å². The first-order chi connectivity index (χ1) is 9.42. The zero-order valence-electron chi connectivity index (χ0n) is 11.4. The smallest absolute Gasteiger partial charge is 0.349 e. The standard InChI is InChI=1S/C12H17F3N4S/c1-3-4-16-7-9-10(18(2)8-12(13,14)15)17-11-19(9)5-6-20-11/h5-6,16H,3-4,7-8H2,1-2H3. The van der Waals surface area contributed by atoms with E-state index in [1.165, 1.54) is 18.4 Å². The largest absolute Gasteiger partial charge is 0.405 e. The van der Waals surface area contributed by atoms with Gasteiger partial charge in [-0.05, 0) is 13.0 Å². The fraction of sp³-hybridized carbons (Fsp3) is 0.583. The summed E-state index contributed by atoms with van der Waals surface area (Å²) in [6, 6.07) is 0. The second-order valence-corrected chi connectivity index (χ2v) is 5.46. The Hall–Kier alpha value is -1.28. The first kappa shape index (κ1) is 15.1. The average molecular weight is 306 g/mol. The molecule has 0 aromatic carbocycles. The maximum atomic E-state index is 12.5. The molecule has 0 atom stereocenters. The minimum atomic E-state index is -4.24. The maximum absolute atomic E-state index is 12.5. The van der Waals surface area contributed by atoms with Crippen LogP contribution < -0.4 is 10.2 Å². The highest BCUT2D eigenvalue weighted by molar-refractivity contribution is 7.15. The maximum Gasteiger partial charge on any atom is 0.405 e. The lowest BCUT2D eigenvalue weighted by atomic mass is 10.3. The molecule has 4 nitrogen and oxygen atoms in total. The normalized spacial score (nSPS) is 12.2. The van der Waals surface area contributed by atoms with Crippen molar-refractivity contribution < 1.29 is 13.2 Å². The number of halogens is 3. The van der Waals surface area contributed by atoms with Crippen LogP contribution in [0, 0.1) is 0 Å². The van der Waals surface area contributed by atoms with E-state index in [2.05, 4.69) is 10.3 Å². The van der Waals surface area contributed by atoms with Gasteiger partial charge in [0.2, 0.25) is 0 Å². The number of hydrogen-bond donors (Lipinski definition) is 1. The Kier molecular flexibility index (Phi) is 4.54. The van der Waals surface area contributed by atoms with Gasteiger partial charge in [-0.25, -0.2) is 4.98 Å². The van der Waals surface area contributed by atoms with Gasteiger partial charge in [-0.15, -0.1) is 11.3 Å². The van der Waals surface area contributed by atoms with E-state index in [0.717, 1.165) is 23.6 Å². The number of anilines is 1. The van der Waals surface area contributed by atoms with Crippen molar-refractivity contribution in [3.8, 4) is 0 Å². The Morgan fingerprint density at radius 3 is 2.85 bits per heavy atom. The number of nitrogens with zero attached hydrogens (tertiary/aromatic N) is 3. The predicted octanol–water partition coefficient (Wildman–Crippen LogP) is 2.89. The Balaban J connectivity index is 2.26. The van der Waals surface area contributed by atoms with Crippen LogP contribution in [0.3, 0.4) is 0 Å². The van der Waals surface area contributed by atoms with Crippen LogP contribution in [0.25, 0.3) is 4.96 Å². The lowest BCUT2D eigenvalue weighted by molar-refractivity contribution is -0.119. The molecule has 0 aliphatic rings. The summed E-state index contributed by atoms with van der Waals surface area (Å²) in [5.74, 6) is 0.387. The summed E-state index contributed by atoms with van der Waals surface area (Å²) >= 11 is 1.41. The second kappa shape index (κ2) is 6.01. The molecule has 20 heavy (non-hydrogen) atoms. The van der Waals surface area contributed by atoms with Crippen molar-refractivity contribution >= 4 is 22.1 Å². The second-order valence-electron chi connectivity index (χ2n) is 4.59. The van der Waals surface area contributed by atoms with Gasteiger partial charge in [0, 0.05) is 25.2 Å². The van der Waals surface area contributed by atoms with E-state index in [1.807, 2.05) is 22.9 Å². The third-order valence-electron chi connectivity index (χ3n) is 2.84. The highest BCUT2D eigenvalue weighted by Crippen LogP contribution is 2.26. The van der Waals surface area contributed by atoms with Crippen molar-refractivity contribution in [1.29, 1.82) is 0 Å². The Labute approximate surface area is 119 Å². The number of aromatic nitrogens is 2. The molecule has 0 fully saturated rings. The van der Waals surface area contributed by atoms with Gasteiger partial charge in [0.25, 0.3) is 0 Å². The van der Waals surface area contributed by atoms with Crippen molar-refractivity contribution in [2.45, 2.75) is 26.1 Å². The van der Waals surface area contributed by atoms with E-state index in [0.29, 0.717) is 17.3 Å². The van der Waals surface area contributed by atoms with Crippen LogP contribution in [-0.4, -0.2) is 35.7 Å². The van der Waals surface area contributed by atoms with Gasteiger partial charge in [0.15, 0.2) is 10.8 Å². The third-order valence-corrected chi connectivity index (χ3v) is 3.59. The predicted molar refractivity (Wildman–Crippen MR) is 74.4 cm³/mol. The first-order valence-electron chi connectivity index (χ1n) is 6.35. The summed E-state index contributed by atoms with van der Waals surface area (Å²) < 4.78 is 39.4. The fourth-order valence-electron chi connectivity index (χ4n) is 2.02. The van der Waals surface area contributed by atoms with E-state index in [4.69, 9.17) is 0 Å². The molecule has 2 aromatic heterocycles. The van der Waals surface area contributed by atoms with Gasteiger partial charge in [0.1, 0.15) is 6.54 Å². The molecule has 0 saturated carbocycles. The minimum Gasteiger partial charge on any atom is -0.349 e. The van der Waals surface area contributed by atoms with E-state index < -0.39 is 12.7 Å². The van der Waals surface area contributed by atoms with E-state index in [-0.39, 0.29) is 0 Å². The molecule has 1 N–H and O–H groups in total. The number of thiazole rings is 1. The number of rotatable bonds is 6. The molecule has 112 valence electrons. The van der Waals surface area contributed by atoms with E-state index in [9.17, 15) is 13.2 Å². The van der Waals surface area contributed by atoms with Crippen LogP contribution in [0.15, 0.2) is 11.6 Å². The van der Waals surface area contributed by atoms with Crippen molar-refractivity contribution in [3.63, 3.8) is 0 Å². The van der Waals surface area contributed by atoms with E-state index in [1.54, 1.807) is 0 Å². The lowest BCUT2D eigenvalue weighted by Gasteiger charge is -2.20. The summed E-state index contributed by atoms with van der Waals surface area (Å²) in [7, 11) is 1.42. The molecular formula is C12H17F3N4S. The monoisotopic (exact) mass is 306 g/mol. The Morgan fingerprint density at radius 1 is 1.45 bits per heavy atom. The van der Waals surface area contributed by atoms with Crippen LogP contribution in [0.1, 0.15) is 19.0 Å². The van der Waals surface area contributed by atoms with Crippen molar-refractivity contribution in [2.75, 3.05) is 25.0 Å². The molecule has 0 aliphatic carbocycles. The SMILES string of the molecule is CCCNCc1c(N(C)CC(F)(F)F)nc2sccn12. The molecule has 0 bridgehead atoms. The van der Waals surface area contributed by atoms with Crippen molar-refractivity contribution in [2.24, 2.45) is 0 Å². The third kappa shape index (κ3) is 3.43. The van der Waals surface area contributed by atoms with Crippen LogP contribution in [0.4, 0.5) is 19.0 Å². The highest BCUT2D eigenvalue weighted by Gasteiger charge is 2.31. The van der Waals surface area contributed by atoms with Gasteiger partial charge in [0.05, 0.1) is 5.69 Å². The Bertz CT molecular complexity index is 561. The molecular weight excluding hydrogens is 289 g/mol. The van der Waals surface area contributed by atoms with Crippen LogP contribution in [-0.2, 0) is 6.54 Å². The fourth-order valence-corrected chi connectivity index (χ4v) is 2.75. The molecule has 0 unspecified atom stereocenters. The number of nitrogens with one attached hydrogen (secondary N) is 1. The number of hydrogen-bond acceptors (Lipinski definition) is 4. The summed E-state index contributed by atoms with van der Waals surface area (Å²) in [6.07, 6.45) is -1.43. The van der Waals surface area contributed by atoms with Gasteiger partial charge >= 0.3 is 6.18 Å². The quantitative estimate of drug-likeness (QED) is 0.833. The zero-order valence-corrected chi connectivity index (χ0v) is 12.2. The number of alkyl halides is 3. The van der Waals surface area contributed by atoms with Gasteiger partial charge in [-0.2, -0.15) is 13.2 Å². The molecule has 8 heteroatoms. The van der Waals surface area contributed by atoms with Gasteiger partial charge < -0.3 is 10.2 Å². The number of imidazole rings is 1. The Morgan fingerprint density at radius 2 is 2.20 bits per heavy atom.